The number of hydrogen-bond acceptors (Lipinski definition) is 2. The minimum atomic E-state index is -4.66. The van der Waals surface area contributed by atoms with E-state index in [1.165, 1.54) is 0 Å². The summed E-state index contributed by atoms with van der Waals surface area (Å²) in [5.41, 5.74) is 0. The first-order valence-electron chi connectivity index (χ1n) is 3.70. The molecule has 0 spiro atoms. The molecule has 2 nitrogen and oxygen atoms in total. The number of aliphatic hydroxyl groups is 1. The number of carbonyl (C=O) groups excluding carboxylic acids is 1. The Bertz CT molecular complexity index is 188. The van der Waals surface area contributed by atoms with Gasteiger partial charge in [0.05, 0.1) is 5.92 Å². The Morgan fingerprint density at radius 2 is 2.08 bits per heavy atom. The molecule has 0 amide bonds. The lowest BCUT2D eigenvalue weighted by molar-refractivity contribution is -0.217. The van der Waals surface area contributed by atoms with Gasteiger partial charge in [0, 0.05) is 6.42 Å². The fraction of sp³-hybridized carbons (Fsp3) is 0.857. The molecule has 0 aliphatic heterocycles. The molecule has 0 bridgehead atoms. The van der Waals surface area contributed by atoms with Crippen molar-refractivity contribution in [2.75, 3.05) is 0 Å². The zero-order chi connectivity index (χ0) is 9.35. The Balaban J connectivity index is 2.63. The zero-order valence-corrected chi connectivity index (χ0v) is 6.27. The standard InChI is InChI=1S/C7H9F3O2/c8-7(9,10)6(12)4-2-1-3-5(4)11/h4,6,12H,1-3H2/t4-,6?/m1/s1. The van der Waals surface area contributed by atoms with Gasteiger partial charge in [-0.3, -0.25) is 4.79 Å². The molecule has 0 aromatic carbocycles. The molecular weight excluding hydrogens is 173 g/mol. The summed E-state index contributed by atoms with van der Waals surface area (Å²) in [6, 6.07) is 0. The van der Waals surface area contributed by atoms with Crippen molar-refractivity contribution in [3.05, 3.63) is 0 Å². The number of alkyl halides is 3. The van der Waals surface area contributed by atoms with E-state index in [4.69, 9.17) is 5.11 Å². The van der Waals surface area contributed by atoms with Crippen LogP contribution in [-0.2, 0) is 4.79 Å². The Kier molecular flexibility index (Phi) is 2.41. The van der Waals surface area contributed by atoms with Crippen molar-refractivity contribution >= 4 is 5.78 Å². The van der Waals surface area contributed by atoms with Gasteiger partial charge in [0.2, 0.25) is 0 Å². The Hall–Kier alpha value is -0.580. The van der Waals surface area contributed by atoms with Crippen molar-refractivity contribution < 1.29 is 23.1 Å². The number of aliphatic hydroxyl groups excluding tert-OH is 1. The van der Waals surface area contributed by atoms with Crippen LogP contribution in [0.15, 0.2) is 0 Å². The number of rotatable bonds is 1. The van der Waals surface area contributed by atoms with Gasteiger partial charge < -0.3 is 5.11 Å². The summed E-state index contributed by atoms with van der Waals surface area (Å²) in [6.45, 7) is 0. The Labute approximate surface area is 67.4 Å². The van der Waals surface area contributed by atoms with Crippen molar-refractivity contribution in [1.29, 1.82) is 0 Å². The van der Waals surface area contributed by atoms with Crippen LogP contribution < -0.4 is 0 Å². The van der Waals surface area contributed by atoms with Gasteiger partial charge >= 0.3 is 6.18 Å². The Morgan fingerprint density at radius 1 is 1.50 bits per heavy atom. The van der Waals surface area contributed by atoms with Crippen LogP contribution in [0, 0.1) is 5.92 Å². The largest absolute Gasteiger partial charge is 0.415 e. The van der Waals surface area contributed by atoms with Gasteiger partial charge in [0.25, 0.3) is 0 Å². The van der Waals surface area contributed by atoms with Crippen LogP contribution in [0.25, 0.3) is 0 Å². The van der Waals surface area contributed by atoms with Gasteiger partial charge in [0.15, 0.2) is 6.10 Å². The first-order valence-corrected chi connectivity index (χ1v) is 3.70. The molecular formula is C7H9F3O2. The van der Waals surface area contributed by atoms with E-state index in [9.17, 15) is 18.0 Å². The van der Waals surface area contributed by atoms with Gasteiger partial charge in [0.1, 0.15) is 5.78 Å². The number of carbonyl (C=O) groups is 1. The third kappa shape index (κ3) is 1.77. The fourth-order valence-corrected chi connectivity index (χ4v) is 1.40. The van der Waals surface area contributed by atoms with Crippen LogP contribution in [0.1, 0.15) is 19.3 Å². The minimum Gasteiger partial charge on any atom is -0.383 e. The lowest BCUT2D eigenvalue weighted by Gasteiger charge is -2.19. The van der Waals surface area contributed by atoms with Crippen LogP contribution in [0.4, 0.5) is 13.2 Å². The van der Waals surface area contributed by atoms with Crippen LogP contribution in [-0.4, -0.2) is 23.2 Å². The monoisotopic (exact) mass is 182 g/mol. The molecule has 0 radical (unpaired) electrons. The molecule has 1 aliphatic carbocycles. The maximum absolute atomic E-state index is 11.9. The van der Waals surface area contributed by atoms with Crippen molar-refractivity contribution in [2.24, 2.45) is 5.92 Å². The van der Waals surface area contributed by atoms with E-state index in [0.29, 0.717) is 6.42 Å². The molecule has 1 unspecified atom stereocenters. The molecule has 1 N–H and O–H groups in total. The second kappa shape index (κ2) is 3.05. The summed E-state index contributed by atoms with van der Waals surface area (Å²) in [5, 5.41) is 8.71. The maximum atomic E-state index is 11.9. The quantitative estimate of drug-likeness (QED) is 0.663. The number of halogens is 3. The van der Waals surface area contributed by atoms with E-state index in [0.717, 1.165) is 0 Å². The second-order valence-electron chi connectivity index (χ2n) is 2.95. The smallest absolute Gasteiger partial charge is 0.383 e. The SMILES string of the molecule is O=C1CCC[C@H]1C(O)C(F)(F)F. The molecule has 0 aromatic heterocycles. The number of hydrogen-bond donors (Lipinski definition) is 1. The van der Waals surface area contributed by atoms with E-state index in [1.807, 2.05) is 0 Å². The molecule has 12 heavy (non-hydrogen) atoms. The van der Waals surface area contributed by atoms with Gasteiger partial charge in [-0.25, -0.2) is 0 Å². The lowest BCUT2D eigenvalue weighted by atomic mass is 10.00. The highest BCUT2D eigenvalue weighted by Gasteiger charge is 2.47. The summed E-state index contributed by atoms with van der Waals surface area (Å²) in [5.74, 6) is -1.69. The predicted molar refractivity (Wildman–Crippen MR) is 34.4 cm³/mol. The highest BCUT2D eigenvalue weighted by atomic mass is 19.4. The molecule has 1 fully saturated rings. The van der Waals surface area contributed by atoms with Crippen molar-refractivity contribution in [2.45, 2.75) is 31.5 Å². The van der Waals surface area contributed by atoms with Crippen molar-refractivity contribution in [3.8, 4) is 0 Å². The third-order valence-corrected chi connectivity index (χ3v) is 2.07. The molecule has 0 saturated heterocycles. The van der Waals surface area contributed by atoms with Crippen molar-refractivity contribution in [3.63, 3.8) is 0 Å². The molecule has 1 saturated carbocycles. The van der Waals surface area contributed by atoms with Gasteiger partial charge in [-0.1, -0.05) is 0 Å². The van der Waals surface area contributed by atoms with Gasteiger partial charge in [-0.15, -0.1) is 0 Å². The van der Waals surface area contributed by atoms with E-state index in [2.05, 4.69) is 0 Å². The Morgan fingerprint density at radius 3 is 2.42 bits per heavy atom. The zero-order valence-electron chi connectivity index (χ0n) is 6.27. The van der Waals surface area contributed by atoms with Gasteiger partial charge in [-0.05, 0) is 12.8 Å². The summed E-state index contributed by atoms with van der Waals surface area (Å²) < 4.78 is 35.6. The van der Waals surface area contributed by atoms with Gasteiger partial charge in [-0.2, -0.15) is 13.2 Å². The average molecular weight is 182 g/mol. The van der Waals surface area contributed by atoms with Crippen LogP contribution in [0.5, 0.6) is 0 Å². The fourth-order valence-electron chi connectivity index (χ4n) is 1.40. The highest BCUT2D eigenvalue weighted by molar-refractivity contribution is 5.83. The lowest BCUT2D eigenvalue weighted by Crippen LogP contribution is -2.37. The highest BCUT2D eigenvalue weighted by Crippen LogP contribution is 2.33. The molecule has 70 valence electrons. The molecule has 1 rings (SSSR count). The molecule has 2 atom stereocenters. The van der Waals surface area contributed by atoms with Crippen LogP contribution in [0.2, 0.25) is 0 Å². The predicted octanol–water partition coefficient (Wildman–Crippen LogP) is 1.28. The second-order valence-corrected chi connectivity index (χ2v) is 2.95. The topological polar surface area (TPSA) is 37.3 Å². The number of Topliss-reactive ketones (excluding diaryl/α,β-unsaturated/α-hetero) is 1. The summed E-state index contributed by atoms with van der Waals surface area (Å²) in [7, 11) is 0. The van der Waals surface area contributed by atoms with Crippen LogP contribution in [0.3, 0.4) is 0 Å². The van der Waals surface area contributed by atoms with E-state index in [-0.39, 0.29) is 12.8 Å². The summed E-state index contributed by atoms with van der Waals surface area (Å²) >= 11 is 0. The average Bonchev–Trinajstić information content (AvgIpc) is 2.31. The maximum Gasteiger partial charge on any atom is 0.415 e. The third-order valence-electron chi connectivity index (χ3n) is 2.07. The molecule has 5 heteroatoms. The molecule has 0 heterocycles. The summed E-state index contributed by atoms with van der Waals surface area (Å²) in [6.07, 6.45) is -6.36. The minimum absolute atomic E-state index is 0.152. The van der Waals surface area contributed by atoms with Crippen LogP contribution >= 0.6 is 0 Å². The van der Waals surface area contributed by atoms with E-state index < -0.39 is 24.0 Å². The molecule has 1 aliphatic rings. The van der Waals surface area contributed by atoms with E-state index >= 15 is 0 Å². The summed E-state index contributed by atoms with van der Waals surface area (Å²) in [4.78, 5) is 10.8. The first kappa shape index (κ1) is 9.51. The normalized spacial score (nSPS) is 27.7. The molecule has 0 aromatic rings. The van der Waals surface area contributed by atoms with E-state index in [1.54, 1.807) is 0 Å². The van der Waals surface area contributed by atoms with Crippen molar-refractivity contribution in [1.82, 2.24) is 0 Å². The first-order chi connectivity index (χ1) is 5.43. The number of ketones is 1.